The Labute approximate surface area is 222 Å². The molecule has 2 N–H and O–H groups in total. The predicted molar refractivity (Wildman–Crippen MR) is 143 cm³/mol. The minimum atomic E-state index is -3.85. The van der Waals surface area contributed by atoms with Crippen molar-refractivity contribution in [2.45, 2.75) is 11.1 Å². The van der Waals surface area contributed by atoms with E-state index >= 15 is 0 Å². The summed E-state index contributed by atoms with van der Waals surface area (Å²) in [4.78, 5) is 35.6. The minimum absolute atomic E-state index is 0.0470. The highest BCUT2D eigenvalue weighted by Gasteiger charge is 2.19. The molecule has 0 atom stereocenters. The Morgan fingerprint density at radius 1 is 1.24 bits per heavy atom. The third kappa shape index (κ3) is 7.26. The first-order valence-corrected chi connectivity index (χ1v) is 13.1. The lowest BCUT2D eigenvalue weighted by Crippen LogP contribution is -2.24. The normalized spacial score (nSPS) is 10.7. The molecule has 14 heteroatoms. The van der Waals surface area contributed by atoms with Gasteiger partial charge in [0, 0.05) is 26.7 Å². The molecule has 3 aromatic rings. The van der Waals surface area contributed by atoms with Crippen LogP contribution in [0.5, 0.6) is 0 Å². The molecule has 0 aliphatic carbocycles. The van der Waals surface area contributed by atoms with Crippen LogP contribution in [0, 0.1) is 18.3 Å². The number of nitriles is 1. The van der Waals surface area contributed by atoms with E-state index in [2.05, 4.69) is 15.2 Å². The molecule has 0 unspecified atom stereocenters. The topological polar surface area (TPSA) is 154 Å². The lowest BCUT2D eigenvalue weighted by Gasteiger charge is -2.11. The number of thiophene rings is 1. The molecule has 0 fully saturated rings. The van der Waals surface area contributed by atoms with E-state index in [1.807, 2.05) is 6.07 Å². The van der Waals surface area contributed by atoms with Crippen LogP contribution in [0.1, 0.15) is 27.0 Å². The van der Waals surface area contributed by atoms with Crippen molar-refractivity contribution in [1.29, 1.82) is 5.26 Å². The van der Waals surface area contributed by atoms with E-state index in [-0.39, 0.29) is 31.7 Å². The zero-order valence-corrected chi connectivity index (χ0v) is 22.6. The molecule has 194 valence electrons. The molecule has 0 saturated carbocycles. The van der Waals surface area contributed by atoms with Crippen LogP contribution in [-0.2, 0) is 21.9 Å². The van der Waals surface area contributed by atoms with Crippen LogP contribution in [0.3, 0.4) is 0 Å². The molecule has 1 aromatic carbocycles. The molecule has 2 amide bonds. The van der Waals surface area contributed by atoms with Gasteiger partial charge in [0.25, 0.3) is 21.5 Å². The zero-order chi connectivity index (χ0) is 27.8. The Kier molecular flexibility index (Phi) is 10.1. The van der Waals surface area contributed by atoms with E-state index in [0.717, 1.165) is 22.3 Å². The number of sulfonamides is 1. The van der Waals surface area contributed by atoms with Crippen LogP contribution in [0.2, 0.25) is 5.15 Å². The Hall–Kier alpha value is -3.99. The third-order valence-electron chi connectivity index (χ3n) is 4.67. The van der Waals surface area contributed by atoms with Gasteiger partial charge in [0.15, 0.2) is 0 Å². The maximum Gasteiger partial charge on any atom is 0.273 e. The summed E-state index contributed by atoms with van der Waals surface area (Å²) in [6.45, 7) is 1.55. The highest BCUT2D eigenvalue weighted by atomic mass is 35.5. The summed E-state index contributed by atoms with van der Waals surface area (Å²) < 4.78 is 28.6. The van der Waals surface area contributed by atoms with Crippen LogP contribution < -0.4 is 15.7 Å². The molecular formula is C23H23ClN6O5S2. The van der Waals surface area contributed by atoms with Gasteiger partial charge in [-0.3, -0.25) is 19.1 Å². The maximum absolute atomic E-state index is 12.6. The van der Waals surface area contributed by atoms with Crippen LogP contribution in [0.25, 0.3) is 0 Å². The van der Waals surface area contributed by atoms with Gasteiger partial charge in [0.05, 0.1) is 17.5 Å². The largest absolute Gasteiger partial charge is 0.351 e. The molecule has 0 spiro atoms. The Morgan fingerprint density at radius 3 is 2.46 bits per heavy atom. The number of carbonyl (C=O) groups excluding carboxylic acids is 2. The fourth-order valence-electron chi connectivity index (χ4n) is 2.77. The molecule has 2 heterocycles. The van der Waals surface area contributed by atoms with Crippen LogP contribution >= 0.6 is 22.9 Å². The van der Waals surface area contributed by atoms with Gasteiger partial charge in [-0.15, -0.1) is 11.3 Å². The lowest BCUT2D eigenvalue weighted by molar-refractivity contribution is -0.115. The summed E-state index contributed by atoms with van der Waals surface area (Å²) in [6.07, 6.45) is 1.97. The molecule has 0 saturated heterocycles. The summed E-state index contributed by atoms with van der Waals surface area (Å²) in [5.41, 5.74) is 2.42. The second-order valence-corrected chi connectivity index (χ2v) is 10.7. The van der Waals surface area contributed by atoms with E-state index < -0.39 is 21.5 Å². The number of amides is 2. The number of para-hydroxylation sites is 1. The lowest BCUT2D eigenvalue weighted by atomic mass is 10.1. The molecule has 0 bridgehead atoms. The summed E-state index contributed by atoms with van der Waals surface area (Å²) >= 11 is 7.23. The number of rotatable bonds is 7. The summed E-state index contributed by atoms with van der Waals surface area (Å²) in [5, 5.41) is 14.8. The third-order valence-corrected chi connectivity index (χ3v) is 7.89. The molecule has 0 radical (unpaired) electrons. The number of hydrogen-bond acceptors (Lipinski definition) is 8. The van der Waals surface area contributed by atoms with E-state index in [1.54, 1.807) is 44.6 Å². The predicted octanol–water partition coefficient (Wildman–Crippen LogP) is 2.55. The van der Waals surface area contributed by atoms with Crippen molar-refractivity contribution in [3.8, 4) is 6.07 Å². The number of nitrogens with zero attached hydrogens (tertiary/aromatic N) is 4. The monoisotopic (exact) mass is 562 g/mol. The second-order valence-electron chi connectivity index (χ2n) is 7.53. The van der Waals surface area contributed by atoms with Gasteiger partial charge in [-0.25, -0.2) is 13.8 Å². The number of benzene rings is 1. The molecule has 37 heavy (non-hydrogen) atoms. The average Bonchev–Trinajstić information content (AvgIpc) is 3.42. The summed E-state index contributed by atoms with van der Waals surface area (Å²) in [5.74, 6) is -0.676. The van der Waals surface area contributed by atoms with Crippen molar-refractivity contribution in [3.05, 3.63) is 79.5 Å². The first kappa shape index (κ1) is 29.2. The Balaban J connectivity index is 0.000000877. The number of nitrogens with one attached hydrogen (secondary N) is 2. The van der Waals surface area contributed by atoms with Crippen LogP contribution in [0.15, 0.2) is 55.9 Å². The van der Waals surface area contributed by atoms with Crippen molar-refractivity contribution >= 4 is 57.2 Å². The molecule has 2 aromatic heterocycles. The quantitative estimate of drug-likeness (QED) is 0.195. The number of aromatic nitrogens is 1. The van der Waals surface area contributed by atoms with Crippen molar-refractivity contribution < 1.29 is 18.0 Å². The van der Waals surface area contributed by atoms with Crippen molar-refractivity contribution in [1.82, 2.24) is 14.9 Å². The average molecular weight is 563 g/mol. The van der Waals surface area contributed by atoms with Gasteiger partial charge in [0.1, 0.15) is 21.0 Å². The fraction of sp³-hybridized carbons (Fsp3) is 0.174. The van der Waals surface area contributed by atoms with E-state index in [0.29, 0.717) is 5.56 Å². The van der Waals surface area contributed by atoms with Crippen LogP contribution in [0.4, 0.5) is 5.69 Å². The summed E-state index contributed by atoms with van der Waals surface area (Å²) in [7, 11) is 0.941. The molecule has 3 rings (SSSR count). The highest BCUT2D eigenvalue weighted by molar-refractivity contribution is 7.94. The molecule has 0 aliphatic heterocycles. The number of halogens is 1. The maximum atomic E-state index is 12.6. The number of hydrazone groups is 1. The van der Waals surface area contributed by atoms with Gasteiger partial charge >= 0.3 is 0 Å². The fourth-order valence-corrected chi connectivity index (χ4v) is 5.11. The molecule has 11 nitrogen and oxygen atoms in total. The molecule has 0 aliphatic rings. The highest BCUT2D eigenvalue weighted by Crippen LogP contribution is 2.23. The second kappa shape index (κ2) is 12.8. The van der Waals surface area contributed by atoms with E-state index in [1.165, 1.54) is 36.4 Å². The minimum Gasteiger partial charge on any atom is -0.351 e. The first-order chi connectivity index (χ1) is 17.4. The first-order valence-electron chi connectivity index (χ1n) is 10.3. The Morgan fingerprint density at radius 2 is 1.89 bits per heavy atom. The smallest absolute Gasteiger partial charge is 0.273 e. The van der Waals surface area contributed by atoms with E-state index in [4.69, 9.17) is 11.6 Å². The van der Waals surface area contributed by atoms with Gasteiger partial charge in [-0.05, 0) is 36.1 Å². The van der Waals surface area contributed by atoms with Crippen molar-refractivity contribution in [2.75, 3.05) is 18.8 Å². The summed E-state index contributed by atoms with van der Waals surface area (Å²) in [6, 6.07) is 11.0. The van der Waals surface area contributed by atoms with Crippen molar-refractivity contribution in [3.63, 3.8) is 0 Å². The molecular weight excluding hydrogens is 540 g/mol. The Bertz CT molecular complexity index is 1520. The number of hydrogen-bond donors (Lipinski definition) is 2. The van der Waals surface area contributed by atoms with Crippen molar-refractivity contribution in [2.24, 2.45) is 12.1 Å². The van der Waals surface area contributed by atoms with Gasteiger partial charge in [0.2, 0.25) is 6.41 Å². The van der Waals surface area contributed by atoms with E-state index in [9.17, 15) is 28.1 Å². The van der Waals surface area contributed by atoms with Crippen LogP contribution in [-0.4, -0.2) is 50.5 Å². The number of pyridine rings is 1. The van der Waals surface area contributed by atoms with Gasteiger partial charge in [-0.1, -0.05) is 29.8 Å². The van der Waals surface area contributed by atoms with Gasteiger partial charge < -0.3 is 9.47 Å². The number of carbonyl (C=O) groups is 2. The number of anilines is 1. The standard InChI is InChI=1S/C20H16ClN5O4S2.C3H7NO/c1-12-14(10-22)20(28)26(2)18(21)15(12)11-23-24-19(27)13-6-3-4-7-16(13)25-32(29,30)17-8-5-9-31-17;1-4(2)3-5/h3-9,11,25H,1-2H3,(H,24,27);3H,1-2H3/b23-11+;. The SMILES string of the molecule is CN(C)C=O.Cc1c(/C=N/NC(=O)c2ccccc2NS(=O)(=O)c2cccs2)c(Cl)n(C)c(=O)c1C#N. The van der Waals surface area contributed by atoms with Gasteiger partial charge in [-0.2, -0.15) is 10.4 Å². The zero-order valence-electron chi connectivity index (χ0n) is 20.2.